The van der Waals surface area contributed by atoms with Gasteiger partial charge in [-0.25, -0.2) is 14.6 Å². The summed E-state index contributed by atoms with van der Waals surface area (Å²) in [4.78, 5) is 38.8. The fraction of sp³-hybridized carbons (Fsp3) is 0.0909. The van der Waals surface area contributed by atoms with Crippen LogP contribution in [0.1, 0.15) is 25.7 Å². The Hall–Kier alpha value is -4.56. The van der Waals surface area contributed by atoms with Gasteiger partial charge in [0.05, 0.1) is 36.0 Å². The fourth-order valence-electron chi connectivity index (χ4n) is 2.79. The second kappa shape index (κ2) is 10.2. The first-order valence-electron chi connectivity index (χ1n) is 9.25. The lowest BCUT2D eigenvalue weighted by Crippen LogP contribution is -2.07. The molecule has 1 aromatic heterocycles. The number of benzene rings is 2. The molecule has 0 aliphatic carbocycles. The van der Waals surface area contributed by atoms with Gasteiger partial charge in [0.15, 0.2) is 0 Å². The van der Waals surface area contributed by atoms with Crippen molar-refractivity contribution in [3.05, 3.63) is 80.3 Å². The molecule has 0 spiro atoms. The maximum atomic E-state index is 11.9. The van der Waals surface area contributed by atoms with Crippen LogP contribution in [-0.4, -0.2) is 36.1 Å². The third-order valence-corrected chi connectivity index (χ3v) is 5.24. The minimum absolute atomic E-state index is 0.0633. The Bertz CT molecular complexity index is 1270. The molecule has 0 amide bonds. The average molecular weight is 464 g/mol. The number of nitro benzene ring substituents is 1. The molecule has 10 nitrogen and oxygen atoms in total. The van der Waals surface area contributed by atoms with E-state index < -0.39 is 16.9 Å². The van der Waals surface area contributed by atoms with Crippen LogP contribution in [0.25, 0.3) is 16.8 Å². The van der Waals surface area contributed by atoms with E-state index in [1.54, 1.807) is 17.5 Å². The zero-order chi connectivity index (χ0) is 24.0. The van der Waals surface area contributed by atoms with Crippen LogP contribution in [0.5, 0.6) is 0 Å². The Morgan fingerprint density at radius 3 is 2.39 bits per heavy atom. The molecule has 0 unspecified atom stereocenters. The first-order valence-corrected chi connectivity index (χ1v) is 10.1. The van der Waals surface area contributed by atoms with Gasteiger partial charge in [0.2, 0.25) is 0 Å². The molecule has 2 aromatic carbocycles. The monoisotopic (exact) mass is 464 g/mol. The molecule has 0 saturated carbocycles. The predicted octanol–water partition coefficient (Wildman–Crippen LogP) is 4.27. The molecule has 1 N–H and O–H groups in total. The molecule has 0 bridgehead atoms. The predicted molar refractivity (Wildman–Crippen MR) is 121 cm³/mol. The van der Waals surface area contributed by atoms with Gasteiger partial charge in [0, 0.05) is 35.0 Å². The van der Waals surface area contributed by atoms with Crippen molar-refractivity contribution in [3.8, 4) is 17.3 Å². The molecule has 11 heteroatoms. The third-order valence-electron chi connectivity index (χ3n) is 4.37. The van der Waals surface area contributed by atoms with Crippen LogP contribution < -0.4 is 5.32 Å². The highest BCUT2D eigenvalue weighted by atomic mass is 32.1. The first kappa shape index (κ1) is 23.1. The lowest BCUT2D eigenvalue weighted by Gasteiger charge is -2.08. The van der Waals surface area contributed by atoms with E-state index in [0.717, 1.165) is 0 Å². The Labute approximate surface area is 191 Å². The number of ether oxygens (including phenoxy) is 2. The summed E-state index contributed by atoms with van der Waals surface area (Å²) in [6.07, 6.45) is 1.38. The number of carbonyl (C=O) groups is 2. The van der Waals surface area contributed by atoms with E-state index in [4.69, 9.17) is 9.47 Å². The number of rotatable bonds is 7. The Morgan fingerprint density at radius 1 is 1.15 bits per heavy atom. The fourth-order valence-corrected chi connectivity index (χ4v) is 3.58. The molecule has 0 aliphatic rings. The summed E-state index contributed by atoms with van der Waals surface area (Å²) < 4.78 is 9.41. The summed E-state index contributed by atoms with van der Waals surface area (Å²) in [6, 6.07) is 12.3. The molecular weight excluding hydrogens is 448 g/mol. The molecule has 0 radical (unpaired) electrons. The number of nitrogens with one attached hydrogen (secondary N) is 1. The maximum Gasteiger partial charge on any atom is 0.337 e. The van der Waals surface area contributed by atoms with E-state index in [1.807, 2.05) is 6.07 Å². The maximum absolute atomic E-state index is 11.9. The van der Waals surface area contributed by atoms with Gasteiger partial charge < -0.3 is 14.8 Å². The third kappa shape index (κ3) is 5.38. The number of esters is 2. The smallest absolute Gasteiger partial charge is 0.337 e. The Morgan fingerprint density at radius 2 is 1.82 bits per heavy atom. The number of allylic oxidation sites excluding steroid dienone is 1. The van der Waals surface area contributed by atoms with Gasteiger partial charge in [-0.05, 0) is 18.2 Å². The summed E-state index contributed by atoms with van der Waals surface area (Å²) >= 11 is 1.19. The number of anilines is 1. The summed E-state index contributed by atoms with van der Waals surface area (Å²) in [5, 5.41) is 25.5. The van der Waals surface area contributed by atoms with Gasteiger partial charge in [0.1, 0.15) is 16.6 Å². The van der Waals surface area contributed by atoms with Crippen molar-refractivity contribution < 1.29 is 24.0 Å². The first-order chi connectivity index (χ1) is 15.9. The summed E-state index contributed by atoms with van der Waals surface area (Å²) in [7, 11) is 2.44. The molecule has 3 aromatic rings. The molecule has 3 rings (SSSR count). The zero-order valence-electron chi connectivity index (χ0n) is 17.4. The van der Waals surface area contributed by atoms with Crippen LogP contribution in [0.3, 0.4) is 0 Å². The van der Waals surface area contributed by atoms with Gasteiger partial charge >= 0.3 is 11.9 Å². The summed E-state index contributed by atoms with van der Waals surface area (Å²) in [5.41, 5.74) is 1.74. The van der Waals surface area contributed by atoms with Gasteiger partial charge in [-0.3, -0.25) is 10.1 Å². The standard InChI is InChI=1S/C22H16N4O6S/c1-31-21(27)14-6-15(22(28)32-2)8-17(7-14)24-11-16(10-23)20-25-19(12-33-20)13-4-3-5-18(9-13)26(29)30/h3-9,11-12,24H,1-2H3. The van der Waals surface area contributed by atoms with Crippen LogP contribution in [0.4, 0.5) is 11.4 Å². The van der Waals surface area contributed by atoms with E-state index in [2.05, 4.69) is 10.3 Å². The minimum Gasteiger partial charge on any atom is -0.465 e. The van der Waals surface area contributed by atoms with Crippen LogP contribution in [-0.2, 0) is 9.47 Å². The van der Waals surface area contributed by atoms with Crippen molar-refractivity contribution in [3.63, 3.8) is 0 Å². The number of methoxy groups -OCH3 is 2. The van der Waals surface area contributed by atoms with Gasteiger partial charge in [-0.2, -0.15) is 5.26 Å². The highest BCUT2D eigenvalue weighted by Gasteiger charge is 2.15. The molecule has 0 fully saturated rings. The number of carbonyl (C=O) groups excluding carboxylic acids is 2. The number of aromatic nitrogens is 1. The molecule has 0 aliphatic heterocycles. The van der Waals surface area contributed by atoms with E-state index in [0.29, 0.717) is 22.0 Å². The second-order valence-electron chi connectivity index (χ2n) is 6.44. The summed E-state index contributed by atoms with van der Waals surface area (Å²) in [6.45, 7) is 0. The van der Waals surface area contributed by atoms with Crippen LogP contribution in [0, 0.1) is 21.4 Å². The topological polar surface area (TPSA) is 144 Å². The molecular formula is C22H16N4O6S. The van der Waals surface area contributed by atoms with Crippen LogP contribution in [0.2, 0.25) is 0 Å². The molecule has 0 atom stereocenters. The van der Waals surface area contributed by atoms with E-state index in [1.165, 1.54) is 62.1 Å². The number of hydrogen-bond acceptors (Lipinski definition) is 10. The Kier molecular flexibility index (Phi) is 7.12. The normalized spacial score (nSPS) is 10.8. The highest BCUT2D eigenvalue weighted by molar-refractivity contribution is 7.11. The minimum atomic E-state index is -0.644. The van der Waals surface area contributed by atoms with E-state index in [-0.39, 0.29) is 22.4 Å². The van der Waals surface area contributed by atoms with Crippen molar-refractivity contribution in [1.82, 2.24) is 4.98 Å². The number of nitro groups is 1. The van der Waals surface area contributed by atoms with Crippen LogP contribution in [0.15, 0.2) is 54.0 Å². The van der Waals surface area contributed by atoms with E-state index in [9.17, 15) is 25.0 Å². The largest absolute Gasteiger partial charge is 0.465 e. The molecule has 33 heavy (non-hydrogen) atoms. The SMILES string of the molecule is COC(=O)c1cc(NC=C(C#N)c2nc(-c3cccc([N+](=O)[O-])c3)cs2)cc(C(=O)OC)c1. The lowest BCUT2D eigenvalue weighted by atomic mass is 10.1. The molecule has 0 saturated heterocycles. The number of nitriles is 1. The van der Waals surface area contributed by atoms with Gasteiger partial charge in [-0.1, -0.05) is 12.1 Å². The van der Waals surface area contributed by atoms with Crippen LogP contribution >= 0.6 is 11.3 Å². The number of non-ortho nitro benzene ring substituents is 1. The number of hydrogen-bond donors (Lipinski definition) is 1. The average Bonchev–Trinajstić information content (AvgIpc) is 3.33. The quantitative estimate of drug-likeness (QED) is 0.234. The highest BCUT2D eigenvalue weighted by Crippen LogP contribution is 2.28. The second-order valence-corrected chi connectivity index (χ2v) is 7.30. The molecule has 166 valence electrons. The van der Waals surface area contributed by atoms with E-state index >= 15 is 0 Å². The summed E-state index contributed by atoms with van der Waals surface area (Å²) in [5.74, 6) is -1.29. The Balaban J connectivity index is 1.90. The van der Waals surface area contributed by atoms with Gasteiger partial charge in [-0.15, -0.1) is 11.3 Å². The van der Waals surface area contributed by atoms with Gasteiger partial charge in [0.25, 0.3) is 5.69 Å². The lowest BCUT2D eigenvalue weighted by molar-refractivity contribution is -0.384. The zero-order valence-corrected chi connectivity index (χ0v) is 18.2. The van der Waals surface area contributed by atoms with Crippen molar-refractivity contribution in [2.75, 3.05) is 19.5 Å². The van der Waals surface area contributed by atoms with Crippen molar-refractivity contribution >= 4 is 40.2 Å². The van der Waals surface area contributed by atoms with Crippen molar-refractivity contribution in [2.24, 2.45) is 0 Å². The van der Waals surface area contributed by atoms with Crippen molar-refractivity contribution in [2.45, 2.75) is 0 Å². The number of thiazole rings is 1. The number of nitrogens with zero attached hydrogens (tertiary/aromatic N) is 3. The molecule has 1 heterocycles. The van der Waals surface area contributed by atoms with Crippen molar-refractivity contribution in [1.29, 1.82) is 5.26 Å².